The monoisotopic (exact) mass is 543 g/mol. The highest BCUT2D eigenvalue weighted by Gasteiger charge is 2.33. The summed E-state index contributed by atoms with van der Waals surface area (Å²) in [4.78, 5) is 29.3. The molecule has 0 atom stereocenters. The number of benzene rings is 3. The molecule has 2 aliphatic heterocycles. The molecule has 0 unspecified atom stereocenters. The van der Waals surface area contributed by atoms with Crippen LogP contribution in [-0.4, -0.2) is 42.0 Å². The van der Waals surface area contributed by atoms with Gasteiger partial charge in [0.1, 0.15) is 0 Å². The summed E-state index contributed by atoms with van der Waals surface area (Å²) >= 11 is 6.64. The summed E-state index contributed by atoms with van der Waals surface area (Å²) in [6.45, 7) is 2.55. The van der Waals surface area contributed by atoms with Crippen molar-refractivity contribution in [3.8, 4) is 23.0 Å². The number of ether oxygens (including phenoxy) is 3. The van der Waals surface area contributed by atoms with Crippen molar-refractivity contribution in [2.45, 2.75) is 19.6 Å². The van der Waals surface area contributed by atoms with E-state index in [2.05, 4.69) is 26.5 Å². The van der Waals surface area contributed by atoms with Gasteiger partial charge in [0.15, 0.2) is 23.0 Å². The van der Waals surface area contributed by atoms with Crippen LogP contribution in [0.3, 0.4) is 0 Å². The third kappa shape index (κ3) is 4.73. The Balaban J connectivity index is 1.60. The number of rotatable bonds is 5. The molecule has 9 heteroatoms. The maximum atomic E-state index is 12.6. The largest absolute Gasteiger partial charge is 0.452 e. The topological polar surface area (TPSA) is 73.2 Å². The minimum atomic E-state index is -0.715. The van der Waals surface area contributed by atoms with Crippen LogP contribution in [0, 0.1) is 0 Å². The molecule has 1 aromatic heterocycles. The van der Waals surface area contributed by atoms with E-state index in [4.69, 9.17) is 25.8 Å². The van der Waals surface area contributed by atoms with E-state index in [9.17, 15) is 9.59 Å². The molecular weight excluding hydrogens is 518 g/mol. The van der Waals surface area contributed by atoms with E-state index >= 15 is 0 Å². The molecule has 3 aromatic carbocycles. The van der Waals surface area contributed by atoms with Crippen molar-refractivity contribution in [3.05, 3.63) is 89.1 Å². The summed E-state index contributed by atoms with van der Waals surface area (Å²) in [5.74, 6) is -0.168. The number of esters is 2. The zero-order chi connectivity index (χ0) is 27.1. The summed E-state index contributed by atoms with van der Waals surface area (Å²) in [5.41, 5.74) is 3.71. The molecule has 0 spiro atoms. The molecule has 4 aromatic rings. The number of carbonyl (C=O) groups excluding carboxylic acids is 2. The summed E-state index contributed by atoms with van der Waals surface area (Å²) in [6, 6.07) is 19.8. The first-order valence-electron chi connectivity index (χ1n) is 12.6. The van der Waals surface area contributed by atoms with Crippen LogP contribution in [0.15, 0.2) is 72.8 Å². The van der Waals surface area contributed by atoms with Crippen LogP contribution in [0.25, 0.3) is 10.9 Å². The van der Waals surface area contributed by atoms with Gasteiger partial charge in [-0.1, -0.05) is 54.1 Å². The second kappa shape index (κ2) is 10.1. The van der Waals surface area contributed by atoms with E-state index in [-0.39, 0.29) is 16.5 Å². The Bertz CT molecular complexity index is 1630. The van der Waals surface area contributed by atoms with Crippen LogP contribution in [0.1, 0.15) is 11.3 Å². The Morgan fingerprint density at radius 1 is 0.872 bits per heavy atom. The molecule has 0 saturated heterocycles. The minimum absolute atomic E-state index is 0.0123. The molecule has 8 nitrogen and oxygen atoms in total. The number of hydrogen-bond donors (Lipinski definition) is 0. The Labute approximate surface area is 230 Å². The van der Waals surface area contributed by atoms with Gasteiger partial charge in [-0.15, -0.1) is 0 Å². The van der Waals surface area contributed by atoms with E-state index in [0.29, 0.717) is 36.5 Å². The first-order chi connectivity index (χ1) is 18.9. The number of para-hydroxylation sites is 2. The van der Waals surface area contributed by atoms with Gasteiger partial charge >= 0.3 is 11.9 Å². The number of hydrogen-bond acceptors (Lipinski definition) is 7. The van der Waals surface area contributed by atoms with Gasteiger partial charge in [0.05, 0.1) is 33.9 Å². The van der Waals surface area contributed by atoms with Gasteiger partial charge in [-0.3, -0.25) is 0 Å². The Morgan fingerprint density at radius 2 is 1.56 bits per heavy atom. The van der Waals surface area contributed by atoms with Crippen molar-refractivity contribution < 1.29 is 23.8 Å². The van der Waals surface area contributed by atoms with Gasteiger partial charge in [0.25, 0.3) is 0 Å². The second-order valence-corrected chi connectivity index (χ2v) is 10.1. The first-order valence-corrected chi connectivity index (χ1v) is 13.0. The smallest absolute Gasteiger partial charge is 0.336 e. The maximum absolute atomic E-state index is 12.6. The highest BCUT2D eigenvalue weighted by Crippen LogP contribution is 2.52. The lowest BCUT2D eigenvalue weighted by atomic mass is 10.1. The highest BCUT2D eigenvalue weighted by atomic mass is 35.5. The summed E-state index contributed by atoms with van der Waals surface area (Å²) < 4.78 is 20.0. The number of nitrogens with zero attached hydrogens (tertiary/aromatic N) is 3. The third-order valence-electron chi connectivity index (χ3n) is 6.78. The zero-order valence-corrected chi connectivity index (χ0v) is 22.3. The lowest BCUT2D eigenvalue weighted by Gasteiger charge is -2.25. The number of likely N-dealkylation sites (N-methyl/N-ethyl adjacent to an activating group) is 1. The average Bonchev–Trinajstić information content (AvgIpc) is 3.08. The van der Waals surface area contributed by atoms with Crippen LogP contribution in [0.4, 0.5) is 5.69 Å². The molecule has 0 amide bonds. The average molecular weight is 544 g/mol. The molecule has 0 radical (unpaired) electrons. The van der Waals surface area contributed by atoms with E-state index in [1.807, 2.05) is 56.6 Å². The molecule has 0 fully saturated rings. The van der Waals surface area contributed by atoms with Crippen molar-refractivity contribution in [1.82, 2.24) is 9.47 Å². The normalized spacial score (nSPS) is 15.3. The SMILES string of the molecule is CN(C)CCn1c2c(c3c4c(c(Cl)cc31)OC(=O)/C=C\C(=O)O4)Oc1ccccc1N(Cc1ccccc1)C2. The van der Waals surface area contributed by atoms with E-state index in [1.54, 1.807) is 6.07 Å². The summed E-state index contributed by atoms with van der Waals surface area (Å²) in [5, 5.41) is 0.685. The fourth-order valence-corrected chi connectivity index (χ4v) is 5.21. The van der Waals surface area contributed by atoms with Gasteiger partial charge in [-0.05, 0) is 37.9 Å². The molecule has 2 aliphatic rings. The molecule has 198 valence electrons. The zero-order valence-electron chi connectivity index (χ0n) is 21.5. The van der Waals surface area contributed by atoms with E-state index in [0.717, 1.165) is 41.2 Å². The standard InChI is InChI=1S/C30H26ClN3O5/c1-32(2)14-15-34-22-16-20(31)28-30(39-26(36)13-12-25(35)38-28)27(22)29-23(34)18-33(17-19-8-4-3-5-9-19)21-10-6-7-11-24(21)37-29/h3-13,16H,14-15,17-18H2,1-2H3/b13-12-. The number of anilines is 1. The third-order valence-corrected chi connectivity index (χ3v) is 7.06. The van der Waals surface area contributed by atoms with E-state index < -0.39 is 11.9 Å². The van der Waals surface area contributed by atoms with Crippen LogP contribution in [0.5, 0.6) is 23.0 Å². The van der Waals surface area contributed by atoms with Crippen LogP contribution in [0.2, 0.25) is 5.02 Å². The lowest BCUT2D eigenvalue weighted by Crippen LogP contribution is -2.25. The van der Waals surface area contributed by atoms with E-state index in [1.165, 1.54) is 0 Å². The molecule has 0 bridgehead atoms. The number of carbonyl (C=O) groups is 2. The predicted molar refractivity (Wildman–Crippen MR) is 149 cm³/mol. The fraction of sp³-hybridized carbons (Fsp3) is 0.200. The Hall–Kier alpha value is -4.27. The van der Waals surface area contributed by atoms with Gasteiger partial charge in [0.2, 0.25) is 0 Å². The van der Waals surface area contributed by atoms with Crippen LogP contribution in [-0.2, 0) is 29.2 Å². The molecule has 0 N–H and O–H groups in total. The lowest BCUT2D eigenvalue weighted by molar-refractivity contribution is -0.133. The maximum Gasteiger partial charge on any atom is 0.336 e. The van der Waals surface area contributed by atoms with Crippen molar-refractivity contribution >= 4 is 40.1 Å². The van der Waals surface area contributed by atoms with Gasteiger partial charge in [0, 0.05) is 31.8 Å². The van der Waals surface area contributed by atoms with Crippen molar-refractivity contribution in [1.29, 1.82) is 0 Å². The van der Waals surface area contributed by atoms with Gasteiger partial charge in [-0.2, -0.15) is 0 Å². The van der Waals surface area contributed by atoms with Crippen molar-refractivity contribution in [2.75, 3.05) is 25.5 Å². The number of halogens is 1. The number of aromatic nitrogens is 1. The highest BCUT2D eigenvalue weighted by molar-refractivity contribution is 6.33. The quantitative estimate of drug-likeness (QED) is 0.241. The van der Waals surface area contributed by atoms with Crippen LogP contribution < -0.4 is 19.1 Å². The van der Waals surface area contributed by atoms with Crippen LogP contribution >= 0.6 is 11.6 Å². The molecule has 39 heavy (non-hydrogen) atoms. The molecule has 0 aliphatic carbocycles. The predicted octanol–water partition coefficient (Wildman–Crippen LogP) is 5.55. The molecule has 6 rings (SSSR count). The number of fused-ring (bicyclic) bond motifs is 6. The van der Waals surface area contributed by atoms with Gasteiger partial charge in [-0.25, -0.2) is 9.59 Å². The molecular formula is C30H26ClN3O5. The summed E-state index contributed by atoms with van der Waals surface area (Å²) in [6.07, 6.45) is 2.06. The first kappa shape index (κ1) is 25.0. The minimum Gasteiger partial charge on any atom is -0.452 e. The molecule has 0 saturated carbocycles. The van der Waals surface area contributed by atoms with Crippen molar-refractivity contribution in [2.24, 2.45) is 0 Å². The second-order valence-electron chi connectivity index (χ2n) is 9.73. The van der Waals surface area contributed by atoms with Gasteiger partial charge < -0.3 is 28.6 Å². The van der Waals surface area contributed by atoms with Crippen molar-refractivity contribution in [3.63, 3.8) is 0 Å². The Morgan fingerprint density at radius 3 is 2.31 bits per heavy atom. The summed E-state index contributed by atoms with van der Waals surface area (Å²) in [7, 11) is 4.02. The fourth-order valence-electron chi connectivity index (χ4n) is 4.99. The molecule has 3 heterocycles. The Kier molecular flexibility index (Phi) is 6.50.